The molecule has 0 aromatic carbocycles. The number of nitrogens with one attached hydrogen (secondary N) is 1. The summed E-state index contributed by atoms with van der Waals surface area (Å²) in [7, 11) is -3.13. The van der Waals surface area contributed by atoms with E-state index in [4.69, 9.17) is 17.3 Å². The second-order valence-corrected chi connectivity index (χ2v) is 4.70. The number of alkyl halides is 1. The monoisotopic (exact) mass is 214 g/mol. The minimum atomic E-state index is -3.13. The van der Waals surface area contributed by atoms with Crippen LogP contribution in [0.3, 0.4) is 0 Å². The summed E-state index contributed by atoms with van der Waals surface area (Å²) >= 11 is 5.29. The third-order valence-corrected chi connectivity index (χ3v) is 3.10. The highest BCUT2D eigenvalue weighted by Gasteiger charge is 2.06. The van der Waals surface area contributed by atoms with Crippen LogP contribution in [0.4, 0.5) is 0 Å². The molecule has 0 amide bonds. The van der Waals surface area contributed by atoms with Crippen molar-refractivity contribution in [1.29, 1.82) is 0 Å². The lowest BCUT2D eigenvalue weighted by molar-refractivity contribution is 0.578. The van der Waals surface area contributed by atoms with Crippen molar-refractivity contribution in [3.05, 3.63) is 0 Å². The van der Waals surface area contributed by atoms with Gasteiger partial charge in [-0.05, 0) is 19.4 Å². The molecule has 0 saturated carbocycles. The van der Waals surface area contributed by atoms with Crippen LogP contribution in [0.15, 0.2) is 0 Å². The van der Waals surface area contributed by atoms with E-state index in [-0.39, 0.29) is 11.6 Å². The molecule has 0 radical (unpaired) electrons. The lowest BCUT2D eigenvalue weighted by atomic mass is 10.3. The van der Waals surface area contributed by atoms with E-state index in [9.17, 15) is 8.42 Å². The van der Waals surface area contributed by atoms with Crippen LogP contribution in [0, 0.1) is 0 Å². The highest BCUT2D eigenvalue weighted by Crippen LogP contribution is 1.89. The van der Waals surface area contributed by atoms with E-state index < -0.39 is 10.0 Å². The summed E-state index contributed by atoms with van der Waals surface area (Å²) in [6.07, 6.45) is 1.61. The number of halogens is 1. The zero-order valence-corrected chi connectivity index (χ0v) is 8.50. The van der Waals surface area contributed by atoms with Gasteiger partial charge in [0, 0.05) is 12.4 Å². The first-order valence-electron chi connectivity index (χ1n) is 3.86. The number of rotatable bonds is 7. The normalized spacial score (nSPS) is 11.8. The summed E-state index contributed by atoms with van der Waals surface area (Å²) in [6, 6.07) is 0. The van der Waals surface area contributed by atoms with Crippen LogP contribution in [0.1, 0.15) is 12.8 Å². The maximum atomic E-state index is 11.0. The van der Waals surface area contributed by atoms with Gasteiger partial charge in [-0.25, -0.2) is 13.1 Å². The van der Waals surface area contributed by atoms with Gasteiger partial charge in [-0.2, -0.15) is 0 Å². The van der Waals surface area contributed by atoms with Crippen LogP contribution in [0.2, 0.25) is 0 Å². The van der Waals surface area contributed by atoms with Crippen molar-refractivity contribution >= 4 is 21.6 Å². The zero-order valence-electron chi connectivity index (χ0n) is 6.92. The fraction of sp³-hybridized carbons (Fsp3) is 1.00. The lowest BCUT2D eigenvalue weighted by Crippen LogP contribution is -2.28. The molecule has 0 unspecified atom stereocenters. The van der Waals surface area contributed by atoms with E-state index in [1.807, 2.05) is 0 Å². The van der Waals surface area contributed by atoms with E-state index in [0.29, 0.717) is 13.1 Å². The SMILES string of the molecule is NCCCCNS(=O)(=O)CCCl. The maximum Gasteiger partial charge on any atom is 0.212 e. The molecule has 0 aliphatic carbocycles. The second-order valence-electron chi connectivity index (χ2n) is 2.40. The standard InChI is InChI=1S/C6H15ClN2O2S/c7-3-6-12(10,11)9-5-2-1-4-8/h9H,1-6,8H2. The number of hydrogen-bond acceptors (Lipinski definition) is 3. The lowest BCUT2D eigenvalue weighted by Gasteiger charge is -2.03. The van der Waals surface area contributed by atoms with Gasteiger partial charge in [0.05, 0.1) is 5.75 Å². The molecule has 0 rings (SSSR count). The molecule has 6 heteroatoms. The van der Waals surface area contributed by atoms with Crippen LogP contribution < -0.4 is 10.5 Å². The highest BCUT2D eigenvalue weighted by atomic mass is 35.5. The van der Waals surface area contributed by atoms with Gasteiger partial charge in [-0.15, -0.1) is 11.6 Å². The summed E-state index contributed by atoms with van der Waals surface area (Å²) in [6.45, 7) is 1.05. The molecule has 0 bridgehead atoms. The van der Waals surface area contributed by atoms with E-state index in [0.717, 1.165) is 12.8 Å². The minimum Gasteiger partial charge on any atom is -0.330 e. The summed E-state index contributed by atoms with van der Waals surface area (Å²) in [4.78, 5) is 0. The number of sulfonamides is 1. The van der Waals surface area contributed by atoms with Crippen LogP contribution in [-0.2, 0) is 10.0 Å². The van der Waals surface area contributed by atoms with E-state index in [1.54, 1.807) is 0 Å². The van der Waals surface area contributed by atoms with Crippen molar-refractivity contribution in [3.8, 4) is 0 Å². The molecule has 0 spiro atoms. The van der Waals surface area contributed by atoms with Gasteiger partial charge in [0.1, 0.15) is 0 Å². The zero-order chi connectivity index (χ0) is 9.45. The average molecular weight is 215 g/mol. The molecule has 0 heterocycles. The van der Waals surface area contributed by atoms with Gasteiger partial charge in [-0.1, -0.05) is 0 Å². The smallest absolute Gasteiger partial charge is 0.212 e. The summed E-state index contributed by atoms with van der Waals surface area (Å²) in [5.74, 6) is 0.114. The largest absolute Gasteiger partial charge is 0.330 e. The molecule has 0 aliphatic heterocycles. The fourth-order valence-corrected chi connectivity index (χ4v) is 2.08. The Hall–Kier alpha value is 0.160. The Labute approximate surface area is 78.5 Å². The van der Waals surface area contributed by atoms with Crippen LogP contribution in [-0.4, -0.2) is 33.1 Å². The van der Waals surface area contributed by atoms with E-state index in [2.05, 4.69) is 4.72 Å². The van der Waals surface area contributed by atoms with Crippen molar-refractivity contribution in [2.45, 2.75) is 12.8 Å². The van der Waals surface area contributed by atoms with Crippen LogP contribution >= 0.6 is 11.6 Å². The van der Waals surface area contributed by atoms with Gasteiger partial charge in [-0.3, -0.25) is 0 Å². The molecule has 0 aromatic heterocycles. The quantitative estimate of drug-likeness (QED) is 0.459. The molecule has 74 valence electrons. The van der Waals surface area contributed by atoms with Crippen LogP contribution in [0.25, 0.3) is 0 Å². The molecule has 0 fully saturated rings. The molecule has 0 aliphatic rings. The Morgan fingerprint density at radius 3 is 2.50 bits per heavy atom. The number of nitrogens with two attached hydrogens (primary N) is 1. The first-order valence-corrected chi connectivity index (χ1v) is 6.04. The third-order valence-electron chi connectivity index (χ3n) is 1.30. The topological polar surface area (TPSA) is 72.2 Å². The Morgan fingerprint density at radius 2 is 2.00 bits per heavy atom. The summed E-state index contributed by atoms with van der Waals surface area (Å²) in [5, 5.41) is 0. The predicted molar refractivity (Wildman–Crippen MR) is 50.8 cm³/mol. The van der Waals surface area contributed by atoms with Gasteiger partial charge in [0.15, 0.2) is 0 Å². The average Bonchev–Trinajstić information content (AvgIpc) is 1.98. The highest BCUT2D eigenvalue weighted by molar-refractivity contribution is 7.89. The number of unbranched alkanes of at least 4 members (excludes halogenated alkanes) is 1. The molecular weight excluding hydrogens is 200 g/mol. The maximum absolute atomic E-state index is 11.0. The Balaban J connectivity index is 3.48. The van der Waals surface area contributed by atoms with E-state index >= 15 is 0 Å². The summed E-state index contributed by atoms with van der Waals surface area (Å²) < 4.78 is 24.4. The van der Waals surface area contributed by atoms with Gasteiger partial charge in [0.25, 0.3) is 0 Å². The predicted octanol–water partition coefficient (Wildman–Crippen LogP) is -0.116. The van der Waals surface area contributed by atoms with Crippen molar-refractivity contribution in [1.82, 2.24) is 4.72 Å². The Kier molecular flexibility index (Phi) is 6.74. The van der Waals surface area contributed by atoms with Crippen LogP contribution in [0.5, 0.6) is 0 Å². The minimum absolute atomic E-state index is 0.0167. The van der Waals surface area contributed by atoms with Crippen molar-refractivity contribution in [3.63, 3.8) is 0 Å². The Morgan fingerprint density at radius 1 is 1.33 bits per heavy atom. The van der Waals surface area contributed by atoms with Crippen molar-refractivity contribution in [2.75, 3.05) is 24.7 Å². The fourth-order valence-electron chi connectivity index (χ4n) is 0.671. The van der Waals surface area contributed by atoms with Gasteiger partial charge >= 0.3 is 0 Å². The molecule has 0 atom stereocenters. The molecular formula is C6H15ClN2O2S. The third kappa shape index (κ3) is 6.84. The van der Waals surface area contributed by atoms with Gasteiger partial charge in [0.2, 0.25) is 10.0 Å². The van der Waals surface area contributed by atoms with Crippen molar-refractivity contribution < 1.29 is 8.42 Å². The van der Waals surface area contributed by atoms with E-state index in [1.165, 1.54) is 0 Å². The van der Waals surface area contributed by atoms with Gasteiger partial charge < -0.3 is 5.73 Å². The number of hydrogen-bond donors (Lipinski definition) is 2. The molecule has 12 heavy (non-hydrogen) atoms. The van der Waals surface area contributed by atoms with Crippen molar-refractivity contribution in [2.24, 2.45) is 5.73 Å². The first kappa shape index (κ1) is 12.2. The second kappa shape index (κ2) is 6.65. The molecule has 4 nitrogen and oxygen atoms in total. The molecule has 0 saturated heterocycles. The first-order chi connectivity index (χ1) is 5.62. The Bertz CT molecular complexity index is 194. The molecule has 0 aromatic rings. The molecule has 3 N–H and O–H groups in total. The summed E-state index contributed by atoms with van der Waals surface area (Å²) in [5.41, 5.74) is 5.24.